The van der Waals surface area contributed by atoms with Gasteiger partial charge in [-0.25, -0.2) is 0 Å². The molecule has 1 N–H and O–H groups in total. The average molecular weight is 290 g/mol. The fraction of sp³-hybridized carbons (Fsp3) is 0.562. The second kappa shape index (κ2) is 6.80. The Morgan fingerprint density at radius 1 is 1.10 bits per heavy atom. The number of fused-ring (bicyclic) bond motifs is 1. The zero-order chi connectivity index (χ0) is 14.5. The Hall–Kier alpha value is -1.75. The summed E-state index contributed by atoms with van der Waals surface area (Å²) in [6.07, 6.45) is 5.68. The molecule has 0 radical (unpaired) electrons. The van der Waals surface area contributed by atoms with Crippen LogP contribution in [0.15, 0.2) is 18.2 Å². The minimum Gasteiger partial charge on any atom is -0.454 e. The van der Waals surface area contributed by atoms with Gasteiger partial charge in [0.2, 0.25) is 12.7 Å². The van der Waals surface area contributed by atoms with Crippen LogP contribution >= 0.6 is 0 Å². The van der Waals surface area contributed by atoms with E-state index in [1.807, 2.05) is 18.2 Å². The van der Waals surface area contributed by atoms with Gasteiger partial charge < -0.3 is 19.7 Å². The van der Waals surface area contributed by atoms with Crippen LogP contribution in [0.3, 0.4) is 0 Å². The van der Waals surface area contributed by atoms with E-state index in [0.717, 1.165) is 31.1 Å². The van der Waals surface area contributed by atoms with E-state index in [1.165, 1.54) is 25.7 Å². The third kappa shape index (κ3) is 3.88. The predicted molar refractivity (Wildman–Crippen MR) is 80.7 cm³/mol. The van der Waals surface area contributed by atoms with Gasteiger partial charge in [-0.1, -0.05) is 12.8 Å². The summed E-state index contributed by atoms with van der Waals surface area (Å²) in [6, 6.07) is 5.48. The smallest absolute Gasteiger partial charge is 0.231 e. The number of likely N-dealkylation sites (tertiary alicyclic amines) is 1. The van der Waals surface area contributed by atoms with Crippen LogP contribution < -0.4 is 14.8 Å². The zero-order valence-corrected chi connectivity index (χ0v) is 12.3. The number of hydrogen-bond donors (Lipinski definition) is 1. The van der Waals surface area contributed by atoms with Gasteiger partial charge in [0, 0.05) is 24.7 Å². The van der Waals surface area contributed by atoms with Crippen molar-refractivity contribution in [1.82, 2.24) is 4.90 Å². The van der Waals surface area contributed by atoms with Gasteiger partial charge in [-0.2, -0.15) is 0 Å². The van der Waals surface area contributed by atoms with Gasteiger partial charge in [0.1, 0.15) is 0 Å². The van der Waals surface area contributed by atoms with Crippen LogP contribution in [-0.4, -0.2) is 37.2 Å². The second-order valence-corrected chi connectivity index (χ2v) is 5.62. The van der Waals surface area contributed by atoms with Crippen LogP contribution in [0.4, 0.5) is 5.69 Å². The lowest BCUT2D eigenvalue weighted by molar-refractivity contribution is -0.116. The van der Waals surface area contributed by atoms with Crippen LogP contribution in [0.25, 0.3) is 0 Å². The van der Waals surface area contributed by atoms with E-state index in [4.69, 9.17) is 9.47 Å². The van der Waals surface area contributed by atoms with Crippen molar-refractivity contribution in [1.29, 1.82) is 0 Å². The molecule has 0 unspecified atom stereocenters. The largest absolute Gasteiger partial charge is 0.454 e. The highest BCUT2D eigenvalue weighted by atomic mass is 16.7. The van der Waals surface area contributed by atoms with Gasteiger partial charge in [0.15, 0.2) is 11.5 Å². The number of nitrogens with one attached hydrogen (secondary N) is 1. The first-order valence-electron chi connectivity index (χ1n) is 7.73. The Labute approximate surface area is 125 Å². The van der Waals surface area contributed by atoms with Crippen molar-refractivity contribution in [3.8, 4) is 11.5 Å². The van der Waals surface area contributed by atoms with E-state index in [2.05, 4.69) is 10.2 Å². The van der Waals surface area contributed by atoms with E-state index in [1.54, 1.807) is 0 Å². The molecule has 1 amide bonds. The lowest BCUT2D eigenvalue weighted by atomic mass is 10.2. The quantitative estimate of drug-likeness (QED) is 0.926. The molecule has 0 spiro atoms. The topological polar surface area (TPSA) is 50.8 Å². The van der Waals surface area contributed by atoms with Crippen molar-refractivity contribution < 1.29 is 14.3 Å². The molecule has 0 atom stereocenters. The van der Waals surface area contributed by atoms with Crippen molar-refractivity contribution >= 4 is 11.6 Å². The summed E-state index contributed by atoms with van der Waals surface area (Å²) in [5.74, 6) is 1.48. The van der Waals surface area contributed by atoms with E-state index < -0.39 is 0 Å². The standard InChI is InChI=1S/C16H22N2O3/c19-16(7-10-18-8-3-1-2-4-9-18)17-13-5-6-14-15(11-13)21-12-20-14/h5-6,11H,1-4,7-10,12H2,(H,17,19). The van der Waals surface area contributed by atoms with Gasteiger partial charge >= 0.3 is 0 Å². The molecule has 2 aliphatic heterocycles. The average Bonchev–Trinajstić information content (AvgIpc) is 2.79. The Bertz CT molecular complexity index is 496. The predicted octanol–water partition coefficient (Wildman–Crippen LogP) is 2.62. The molecule has 21 heavy (non-hydrogen) atoms. The van der Waals surface area contributed by atoms with Crippen molar-refractivity contribution in [3.05, 3.63) is 18.2 Å². The molecule has 5 nitrogen and oxygen atoms in total. The summed E-state index contributed by atoms with van der Waals surface area (Å²) in [5, 5.41) is 2.93. The molecule has 0 saturated carbocycles. The minimum absolute atomic E-state index is 0.0538. The highest BCUT2D eigenvalue weighted by Gasteiger charge is 2.15. The molecule has 1 fully saturated rings. The molecule has 2 aliphatic rings. The number of amides is 1. The summed E-state index contributed by atoms with van der Waals surface area (Å²) >= 11 is 0. The molecule has 0 aromatic heterocycles. The molecule has 0 bridgehead atoms. The maximum Gasteiger partial charge on any atom is 0.231 e. The number of hydrogen-bond acceptors (Lipinski definition) is 4. The van der Waals surface area contributed by atoms with Crippen LogP contribution in [0.2, 0.25) is 0 Å². The summed E-state index contributed by atoms with van der Waals surface area (Å²) in [5.41, 5.74) is 0.764. The van der Waals surface area contributed by atoms with Crippen LogP contribution in [0.5, 0.6) is 11.5 Å². The van der Waals surface area contributed by atoms with E-state index in [9.17, 15) is 4.79 Å². The maximum absolute atomic E-state index is 12.0. The lowest BCUT2D eigenvalue weighted by Crippen LogP contribution is -2.28. The fourth-order valence-corrected chi connectivity index (χ4v) is 2.82. The van der Waals surface area contributed by atoms with Crippen LogP contribution in [0, 0.1) is 0 Å². The maximum atomic E-state index is 12.0. The third-order valence-electron chi connectivity index (χ3n) is 4.01. The molecule has 114 valence electrons. The van der Waals surface area contributed by atoms with Crippen LogP contribution in [-0.2, 0) is 4.79 Å². The van der Waals surface area contributed by atoms with Gasteiger partial charge in [0.05, 0.1) is 0 Å². The molecule has 1 aromatic rings. The first kappa shape index (κ1) is 14.2. The fourth-order valence-electron chi connectivity index (χ4n) is 2.82. The number of benzene rings is 1. The zero-order valence-electron chi connectivity index (χ0n) is 12.3. The molecule has 3 rings (SSSR count). The highest BCUT2D eigenvalue weighted by Crippen LogP contribution is 2.34. The number of nitrogens with zero attached hydrogens (tertiary/aromatic N) is 1. The first-order chi connectivity index (χ1) is 10.3. The van der Waals surface area contributed by atoms with E-state index in [-0.39, 0.29) is 12.7 Å². The number of carbonyl (C=O) groups is 1. The lowest BCUT2D eigenvalue weighted by Gasteiger charge is -2.19. The SMILES string of the molecule is O=C(CCN1CCCCCC1)Nc1ccc2c(c1)OCO2. The monoisotopic (exact) mass is 290 g/mol. The summed E-state index contributed by atoms with van der Waals surface area (Å²) < 4.78 is 10.6. The number of carbonyl (C=O) groups excluding carboxylic acids is 1. The Morgan fingerprint density at radius 3 is 2.67 bits per heavy atom. The molecular formula is C16H22N2O3. The highest BCUT2D eigenvalue weighted by molar-refractivity contribution is 5.91. The van der Waals surface area contributed by atoms with Crippen molar-refractivity contribution in [2.75, 3.05) is 31.7 Å². The third-order valence-corrected chi connectivity index (χ3v) is 4.01. The molecule has 1 saturated heterocycles. The molecule has 2 heterocycles. The van der Waals surface area contributed by atoms with Gasteiger partial charge in [0.25, 0.3) is 0 Å². The molecular weight excluding hydrogens is 268 g/mol. The summed E-state index contributed by atoms with van der Waals surface area (Å²) in [4.78, 5) is 14.4. The second-order valence-electron chi connectivity index (χ2n) is 5.62. The molecule has 1 aromatic carbocycles. The Morgan fingerprint density at radius 2 is 1.86 bits per heavy atom. The Balaban J connectivity index is 1.47. The first-order valence-corrected chi connectivity index (χ1v) is 7.73. The number of ether oxygens (including phenoxy) is 2. The summed E-state index contributed by atoms with van der Waals surface area (Å²) in [7, 11) is 0. The van der Waals surface area contributed by atoms with Crippen LogP contribution in [0.1, 0.15) is 32.1 Å². The van der Waals surface area contributed by atoms with E-state index >= 15 is 0 Å². The van der Waals surface area contributed by atoms with Crippen molar-refractivity contribution in [3.63, 3.8) is 0 Å². The van der Waals surface area contributed by atoms with Gasteiger partial charge in [-0.15, -0.1) is 0 Å². The summed E-state index contributed by atoms with van der Waals surface area (Å²) in [6.45, 7) is 3.34. The van der Waals surface area contributed by atoms with Gasteiger partial charge in [-0.05, 0) is 38.1 Å². The van der Waals surface area contributed by atoms with E-state index in [0.29, 0.717) is 12.2 Å². The molecule has 0 aliphatic carbocycles. The van der Waals surface area contributed by atoms with Crippen molar-refractivity contribution in [2.45, 2.75) is 32.1 Å². The Kier molecular flexibility index (Phi) is 4.60. The number of anilines is 1. The minimum atomic E-state index is 0.0538. The van der Waals surface area contributed by atoms with Crippen molar-refractivity contribution in [2.24, 2.45) is 0 Å². The van der Waals surface area contributed by atoms with Gasteiger partial charge in [-0.3, -0.25) is 4.79 Å². The molecule has 5 heteroatoms. The normalized spacial score (nSPS) is 18.3. The number of rotatable bonds is 4.